The molecule has 28 heavy (non-hydrogen) atoms. The number of hydrogen-bond donors (Lipinski definition) is 0. The third-order valence-corrected chi connectivity index (χ3v) is 4.97. The Kier molecular flexibility index (Phi) is 9.47. The zero-order chi connectivity index (χ0) is 21.4. The Morgan fingerprint density at radius 2 is 1.64 bits per heavy atom. The fourth-order valence-electron chi connectivity index (χ4n) is 2.34. The first-order valence-corrected chi connectivity index (χ1v) is 10.1. The third-order valence-electron chi connectivity index (χ3n) is 3.79. The van der Waals surface area contributed by atoms with Crippen LogP contribution in [0, 0.1) is 0 Å². The van der Waals surface area contributed by atoms with Crippen molar-refractivity contribution in [2.45, 2.75) is 56.4 Å². The van der Waals surface area contributed by atoms with Crippen LogP contribution in [0.3, 0.4) is 0 Å². The average molecular weight is 412 g/mol. The van der Waals surface area contributed by atoms with Crippen LogP contribution >= 0.6 is 11.8 Å². The molecule has 0 unspecified atom stereocenters. The van der Waals surface area contributed by atoms with Gasteiger partial charge < -0.3 is 14.2 Å². The number of thioether (sulfide) groups is 1. The third kappa shape index (κ3) is 9.08. The fourth-order valence-corrected chi connectivity index (χ4v) is 3.33. The van der Waals surface area contributed by atoms with E-state index in [0.717, 1.165) is 10.5 Å². The monoisotopic (exact) mass is 411 g/mol. The van der Waals surface area contributed by atoms with E-state index in [1.165, 1.54) is 18.9 Å². The van der Waals surface area contributed by atoms with E-state index in [1.54, 1.807) is 7.11 Å². The first-order valence-electron chi connectivity index (χ1n) is 9.26. The minimum Gasteiger partial charge on any atom is -0.468 e. The molecule has 0 fully saturated rings. The molecular weight excluding hydrogens is 378 g/mol. The summed E-state index contributed by atoms with van der Waals surface area (Å²) in [7, 11) is 3.02. The standard InChI is InChI=1S/C21H33NO5S/c1-20(2,3)27-19(24)21(4,5)28-17-10-8-16(9-11-17)14-22(12-13-25-6)15-18(23)26-7/h8-11H,12-15H2,1-7H3. The van der Waals surface area contributed by atoms with Crippen LogP contribution in [0.1, 0.15) is 40.2 Å². The number of benzene rings is 1. The molecule has 0 N–H and O–H groups in total. The number of rotatable bonds is 10. The van der Waals surface area contributed by atoms with Crippen molar-refractivity contribution in [1.29, 1.82) is 0 Å². The largest absolute Gasteiger partial charge is 0.468 e. The fraction of sp³-hybridized carbons (Fsp3) is 0.619. The highest BCUT2D eigenvalue weighted by molar-refractivity contribution is 8.01. The molecule has 0 aliphatic carbocycles. The van der Waals surface area contributed by atoms with E-state index in [-0.39, 0.29) is 18.5 Å². The topological polar surface area (TPSA) is 65.1 Å². The summed E-state index contributed by atoms with van der Waals surface area (Å²) < 4.78 is 14.7. The Morgan fingerprint density at radius 3 is 2.14 bits per heavy atom. The lowest BCUT2D eigenvalue weighted by Gasteiger charge is -2.28. The Morgan fingerprint density at radius 1 is 1.04 bits per heavy atom. The summed E-state index contributed by atoms with van der Waals surface area (Å²) in [5.41, 5.74) is 0.559. The van der Waals surface area contributed by atoms with Crippen LogP contribution in [-0.4, -0.2) is 61.1 Å². The van der Waals surface area contributed by atoms with Gasteiger partial charge in [0.25, 0.3) is 0 Å². The Hall–Kier alpha value is -1.57. The van der Waals surface area contributed by atoms with E-state index in [1.807, 2.05) is 63.8 Å². The molecule has 7 heteroatoms. The molecule has 0 amide bonds. The predicted octanol–water partition coefficient (Wildman–Crippen LogP) is 3.52. The first-order chi connectivity index (χ1) is 13.0. The highest BCUT2D eigenvalue weighted by Gasteiger charge is 2.33. The molecule has 0 aromatic heterocycles. The van der Waals surface area contributed by atoms with E-state index in [9.17, 15) is 9.59 Å². The number of ether oxygens (including phenoxy) is 3. The van der Waals surface area contributed by atoms with E-state index < -0.39 is 10.3 Å². The van der Waals surface area contributed by atoms with Gasteiger partial charge in [0.2, 0.25) is 0 Å². The maximum absolute atomic E-state index is 12.4. The van der Waals surface area contributed by atoms with Gasteiger partial charge in [-0.15, -0.1) is 11.8 Å². The lowest BCUT2D eigenvalue weighted by molar-refractivity contribution is -0.156. The SMILES string of the molecule is COCCN(CC(=O)OC)Cc1ccc(SC(C)(C)C(=O)OC(C)(C)C)cc1. The van der Waals surface area contributed by atoms with Gasteiger partial charge in [-0.3, -0.25) is 14.5 Å². The maximum atomic E-state index is 12.4. The summed E-state index contributed by atoms with van der Waals surface area (Å²) >= 11 is 1.47. The van der Waals surface area contributed by atoms with Crippen LogP contribution in [0.15, 0.2) is 29.2 Å². The minimum absolute atomic E-state index is 0.210. The molecule has 0 saturated carbocycles. The smallest absolute Gasteiger partial charge is 0.322 e. The lowest BCUT2D eigenvalue weighted by atomic mass is 10.1. The van der Waals surface area contributed by atoms with Gasteiger partial charge in [0, 0.05) is 25.1 Å². The maximum Gasteiger partial charge on any atom is 0.322 e. The minimum atomic E-state index is -0.690. The number of nitrogens with zero attached hydrogens (tertiary/aromatic N) is 1. The molecule has 1 rings (SSSR count). The second-order valence-electron chi connectivity index (χ2n) is 8.04. The van der Waals surface area contributed by atoms with Gasteiger partial charge in [0.1, 0.15) is 10.3 Å². The number of methoxy groups -OCH3 is 2. The molecule has 158 valence electrons. The number of esters is 2. The van der Waals surface area contributed by atoms with Crippen molar-refractivity contribution in [3.8, 4) is 0 Å². The molecule has 1 aromatic rings. The quantitative estimate of drug-likeness (QED) is 0.431. The lowest BCUT2D eigenvalue weighted by Crippen LogP contribution is -2.36. The van der Waals surface area contributed by atoms with Gasteiger partial charge >= 0.3 is 11.9 Å². The van der Waals surface area contributed by atoms with Crippen LogP contribution in [-0.2, 0) is 30.3 Å². The first kappa shape index (κ1) is 24.5. The normalized spacial score (nSPS) is 12.1. The van der Waals surface area contributed by atoms with Crippen molar-refractivity contribution in [2.75, 3.05) is 33.9 Å². The summed E-state index contributed by atoms with van der Waals surface area (Å²) in [6.07, 6.45) is 0. The van der Waals surface area contributed by atoms with Crippen molar-refractivity contribution in [2.24, 2.45) is 0 Å². The number of hydrogen-bond acceptors (Lipinski definition) is 7. The molecule has 6 nitrogen and oxygen atoms in total. The molecule has 0 atom stereocenters. The Balaban J connectivity index is 2.75. The summed E-state index contributed by atoms with van der Waals surface area (Å²) in [5, 5.41) is 0. The van der Waals surface area contributed by atoms with Gasteiger partial charge in [0.15, 0.2) is 0 Å². The summed E-state index contributed by atoms with van der Waals surface area (Å²) in [6, 6.07) is 7.98. The van der Waals surface area contributed by atoms with Crippen LogP contribution < -0.4 is 0 Å². The van der Waals surface area contributed by atoms with Crippen LogP contribution in [0.25, 0.3) is 0 Å². The van der Waals surface area contributed by atoms with Gasteiger partial charge in [0.05, 0.1) is 20.3 Å². The molecule has 0 radical (unpaired) electrons. The van der Waals surface area contributed by atoms with Crippen molar-refractivity contribution < 1.29 is 23.8 Å². The molecule has 0 spiro atoms. The van der Waals surface area contributed by atoms with Gasteiger partial charge in [-0.1, -0.05) is 12.1 Å². The van der Waals surface area contributed by atoms with Crippen molar-refractivity contribution in [3.05, 3.63) is 29.8 Å². The van der Waals surface area contributed by atoms with E-state index in [0.29, 0.717) is 19.7 Å². The molecule has 0 aliphatic heterocycles. The molecule has 0 bridgehead atoms. The highest BCUT2D eigenvalue weighted by Crippen LogP contribution is 2.34. The van der Waals surface area contributed by atoms with E-state index >= 15 is 0 Å². The average Bonchev–Trinajstić information content (AvgIpc) is 2.59. The summed E-state index contributed by atoms with van der Waals surface area (Å²) in [4.78, 5) is 27.0. The van der Waals surface area contributed by atoms with Crippen LogP contribution in [0.5, 0.6) is 0 Å². The van der Waals surface area contributed by atoms with Crippen LogP contribution in [0.2, 0.25) is 0 Å². The molecule has 1 aromatic carbocycles. The van der Waals surface area contributed by atoms with Crippen molar-refractivity contribution in [1.82, 2.24) is 4.90 Å². The zero-order valence-electron chi connectivity index (χ0n) is 18.0. The number of carbonyl (C=O) groups is 2. The van der Waals surface area contributed by atoms with Gasteiger partial charge in [-0.05, 0) is 52.3 Å². The molecule has 0 aliphatic rings. The van der Waals surface area contributed by atoms with E-state index in [4.69, 9.17) is 14.2 Å². The molecule has 0 heterocycles. The Labute approximate surface area is 172 Å². The summed E-state index contributed by atoms with van der Waals surface area (Å²) in [5.74, 6) is -0.514. The van der Waals surface area contributed by atoms with Crippen LogP contribution in [0.4, 0.5) is 0 Å². The number of carbonyl (C=O) groups excluding carboxylic acids is 2. The summed E-state index contributed by atoms with van der Waals surface area (Å²) in [6.45, 7) is 11.3. The molecule has 0 saturated heterocycles. The second kappa shape index (κ2) is 10.8. The van der Waals surface area contributed by atoms with Crippen molar-refractivity contribution in [3.63, 3.8) is 0 Å². The second-order valence-corrected chi connectivity index (χ2v) is 9.73. The highest BCUT2D eigenvalue weighted by atomic mass is 32.2. The predicted molar refractivity (Wildman–Crippen MR) is 111 cm³/mol. The van der Waals surface area contributed by atoms with Gasteiger partial charge in [-0.2, -0.15) is 0 Å². The Bertz CT molecular complexity index is 637. The zero-order valence-corrected chi connectivity index (χ0v) is 18.9. The van der Waals surface area contributed by atoms with Crippen molar-refractivity contribution >= 4 is 23.7 Å². The van der Waals surface area contributed by atoms with E-state index in [2.05, 4.69) is 0 Å². The van der Waals surface area contributed by atoms with Gasteiger partial charge in [-0.25, -0.2) is 0 Å². The molecular formula is C21H33NO5S.